The predicted molar refractivity (Wildman–Crippen MR) is 243 cm³/mol. The van der Waals surface area contributed by atoms with Crippen LogP contribution in [0.2, 0.25) is 0 Å². The molecule has 408 valence electrons. The van der Waals surface area contributed by atoms with Crippen molar-refractivity contribution < 1.29 is 91.9 Å². The lowest BCUT2D eigenvalue weighted by Crippen LogP contribution is -2.34. The fourth-order valence-corrected chi connectivity index (χ4v) is 4.23. The number of nitrogens with two attached hydrogens (primary N) is 1. The minimum absolute atomic E-state index is 0.0405. The van der Waals surface area contributed by atoms with Gasteiger partial charge in [-0.25, -0.2) is 0 Å². The molecule has 4 aromatic rings. The number of hydrogen-bond donors (Lipinski definition) is 23. The van der Waals surface area contributed by atoms with E-state index in [1.807, 2.05) is 0 Å². The van der Waals surface area contributed by atoms with E-state index in [0.29, 0.717) is 0 Å². The summed E-state index contributed by atoms with van der Waals surface area (Å²) in [5.74, 6) is -0.635. The van der Waals surface area contributed by atoms with Gasteiger partial charge in [-0.1, -0.05) is 0 Å². The topological polar surface area (TPSA) is 616 Å². The second-order valence-corrected chi connectivity index (χ2v) is 12.2. The third-order valence-electron chi connectivity index (χ3n) is 7.79. The van der Waals surface area contributed by atoms with Crippen molar-refractivity contribution in [3.8, 4) is 0 Å². The monoisotopic (exact) mass is 1040 g/mol. The summed E-state index contributed by atoms with van der Waals surface area (Å²) in [6, 6.07) is 0. The number of aromatic nitrogens is 12. The minimum Gasteiger partial charge on any atom is -0.376 e. The van der Waals surface area contributed by atoms with Crippen LogP contribution in [0.5, 0.6) is 0 Å². The van der Waals surface area contributed by atoms with Crippen molar-refractivity contribution >= 4 is 71.4 Å². The van der Waals surface area contributed by atoms with Crippen LogP contribution >= 0.6 is 0 Å². The molecule has 4 heterocycles. The van der Waals surface area contributed by atoms with Crippen molar-refractivity contribution in [2.24, 2.45) is 0 Å². The molecule has 0 spiro atoms. The van der Waals surface area contributed by atoms with Gasteiger partial charge in [0.25, 0.3) is 0 Å². The number of rotatable bonds is 29. The zero-order chi connectivity index (χ0) is 54.0. The Morgan fingerprint density at radius 3 is 0.556 bits per heavy atom. The highest BCUT2D eigenvalue weighted by Gasteiger charge is 2.20. The van der Waals surface area contributed by atoms with Crippen LogP contribution in [0.3, 0.4) is 0 Å². The number of hydrogen-bond acceptors (Lipinski definition) is 42. The maximum atomic E-state index is 9.11. The van der Waals surface area contributed by atoms with Crippen molar-refractivity contribution in [1.29, 1.82) is 0 Å². The van der Waals surface area contributed by atoms with E-state index in [-0.39, 0.29) is 91.6 Å². The summed E-state index contributed by atoms with van der Waals surface area (Å²) in [5, 5.41) is 171. The van der Waals surface area contributed by atoms with Gasteiger partial charge in [0.2, 0.25) is 71.4 Å². The van der Waals surface area contributed by atoms with E-state index in [1.165, 1.54) is 0 Å². The fourth-order valence-electron chi connectivity index (χ4n) is 4.23. The second kappa shape index (κ2) is 35.9. The first-order valence-electron chi connectivity index (χ1n) is 19.8. The highest BCUT2D eigenvalue weighted by atomic mass is 16.3. The molecule has 0 aliphatic rings. The minimum atomic E-state index is -0.601. The van der Waals surface area contributed by atoms with Crippen molar-refractivity contribution in [1.82, 2.24) is 59.8 Å². The van der Waals surface area contributed by atoms with Crippen LogP contribution in [0.1, 0.15) is 0 Å². The fraction of sp³-hybridized carbons (Fsp3) is 0.600. The highest BCUT2D eigenvalue weighted by molar-refractivity contribution is 5.47. The van der Waals surface area contributed by atoms with Gasteiger partial charge >= 0.3 is 0 Å². The Labute approximate surface area is 405 Å². The first-order chi connectivity index (χ1) is 34.8. The lowest BCUT2D eigenvalue weighted by atomic mass is 10.6. The van der Waals surface area contributed by atoms with Gasteiger partial charge in [0.05, 0.1) is 0 Å². The molecule has 0 aromatic carbocycles. The summed E-state index contributed by atoms with van der Waals surface area (Å²) in [5.41, 5.74) is 5.41. The number of aliphatic hydroxyl groups excluding tert-OH is 18. The highest BCUT2D eigenvalue weighted by Crippen LogP contribution is 2.19. The normalized spacial score (nSPS) is 10.3. The smallest absolute Gasteiger partial charge is 0.235 e. The zero-order valence-corrected chi connectivity index (χ0v) is 37.9. The van der Waals surface area contributed by atoms with E-state index in [4.69, 9.17) is 97.7 Å². The summed E-state index contributed by atoms with van der Waals surface area (Å²) >= 11 is 0. The second-order valence-electron chi connectivity index (χ2n) is 12.2. The summed E-state index contributed by atoms with van der Waals surface area (Å²) < 4.78 is 0. The van der Waals surface area contributed by atoms with Crippen LogP contribution < -0.4 is 61.3 Å². The zero-order valence-electron chi connectivity index (χ0n) is 37.9. The maximum Gasteiger partial charge on any atom is 0.235 e. The van der Waals surface area contributed by atoms with Crippen molar-refractivity contribution in [3.05, 3.63) is 0 Å². The molecule has 0 saturated heterocycles. The lowest BCUT2D eigenvalue weighted by Gasteiger charge is -2.24. The number of nitrogen functional groups attached to an aromatic ring is 1. The lowest BCUT2D eigenvalue weighted by molar-refractivity contribution is 0.213. The molecular formula is C30H60N24O18. The van der Waals surface area contributed by atoms with Gasteiger partial charge in [-0.3, -0.25) is 34.3 Å². The molecule has 0 radical (unpaired) electrons. The van der Waals surface area contributed by atoms with E-state index < -0.39 is 101 Å². The average molecular weight is 1040 g/mol. The molecule has 42 nitrogen and oxygen atoms in total. The number of nitrogens with zero attached hydrogens (tertiary/aromatic N) is 19. The van der Waals surface area contributed by atoms with Gasteiger partial charge in [0.15, 0.2) is 0 Å². The van der Waals surface area contributed by atoms with Crippen molar-refractivity contribution in [2.75, 3.05) is 182 Å². The van der Waals surface area contributed by atoms with Gasteiger partial charge in [-0.05, 0) is 0 Å². The van der Waals surface area contributed by atoms with Crippen molar-refractivity contribution in [3.63, 3.8) is 0 Å². The Balaban J connectivity index is 0.000000483. The van der Waals surface area contributed by atoms with E-state index >= 15 is 0 Å². The number of aliphatic hydroxyl groups is 18. The van der Waals surface area contributed by atoms with Gasteiger partial charge in [0, 0.05) is 0 Å². The van der Waals surface area contributed by atoms with Gasteiger partial charge in [-0.15, -0.1) is 0 Å². The van der Waals surface area contributed by atoms with Crippen LogP contribution in [0.4, 0.5) is 71.4 Å². The van der Waals surface area contributed by atoms with E-state index in [2.05, 4.69) is 81.1 Å². The summed E-state index contributed by atoms with van der Waals surface area (Å²) in [4.78, 5) is 52.7. The van der Waals surface area contributed by atoms with Crippen LogP contribution in [-0.4, -0.2) is 273 Å². The Morgan fingerprint density at radius 2 is 0.389 bits per heavy atom. The van der Waals surface area contributed by atoms with Crippen LogP contribution in [0.15, 0.2) is 0 Å². The van der Waals surface area contributed by atoms with Crippen LogP contribution in [0.25, 0.3) is 0 Å². The van der Waals surface area contributed by atoms with E-state index in [0.717, 1.165) is 34.3 Å². The molecule has 42 heteroatoms. The summed E-state index contributed by atoms with van der Waals surface area (Å²) in [6.07, 6.45) is 0. The van der Waals surface area contributed by atoms with E-state index in [1.54, 1.807) is 0 Å². The molecule has 0 saturated carbocycles. The predicted octanol–water partition coefficient (Wildman–Crippen LogP) is -12.5. The largest absolute Gasteiger partial charge is 0.376 e. The molecule has 0 fully saturated rings. The molecule has 0 atom stereocenters. The molecule has 4 aromatic heterocycles. The molecule has 0 aliphatic carbocycles. The molecule has 0 aliphatic heterocycles. The number of anilines is 12. The van der Waals surface area contributed by atoms with Crippen molar-refractivity contribution in [2.45, 2.75) is 0 Å². The Morgan fingerprint density at radius 1 is 0.236 bits per heavy atom. The maximum absolute atomic E-state index is 9.11. The van der Waals surface area contributed by atoms with Gasteiger partial charge in [0.1, 0.15) is 121 Å². The molecule has 0 amide bonds. The Kier molecular flexibility index (Phi) is 31.4. The molecule has 4 rings (SSSR count). The van der Waals surface area contributed by atoms with Crippen LogP contribution in [-0.2, 0) is 0 Å². The molecular weight excluding hydrogens is 984 g/mol. The molecule has 24 N–H and O–H groups in total. The van der Waals surface area contributed by atoms with Gasteiger partial charge < -0.3 is 119 Å². The molecule has 0 bridgehead atoms. The summed E-state index contributed by atoms with van der Waals surface area (Å²) in [6.45, 7) is -9.29. The average Bonchev–Trinajstić information content (AvgIpc) is 3.37. The van der Waals surface area contributed by atoms with E-state index in [9.17, 15) is 0 Å². The standard InChI is InChI=1S/C9H18N6O6.C8H16N6O5.C7H14N6O4.C6H12N6O3/c16-1-13(2-17)7-10-8(14(3-18)4-19)12-9(11-7)15(5-20)6-21;15-1-9-6-10-7(13(2-16)3-17)12-8(11-6)14(4-18)5-19;8-5-9-6(12(1-14)2-15)11-7(10-5)13(3-16)4-17;13-1-7-4-10-5(8-2-14)12-6(11-4)9-3-15/h16-21H,1-6H2;15-19H,1-5H2,(H,9,10,11,12);14-17H,1-4H2,(H2,8,9,10,11);13-15H,1-3H2,(H3,7,8,9,10,11,12). The summed E-state index contributed by atoms with van der Waals surface area (Å²) in [7, 11) is 0. The quantitative estimate of drug-likeness (QED) is 0.0225. The first kappa shape index (κ1) is 62.9. The third kappa shape index (κ3) is 20.3. The first-order valence-corrected chi connectivity index (χ1v) is 19.8. The van der Waals surface area contributed by atoms with Gasteiger partial charge in [-0.2, -0.15) is 59.8 Å². The number of nitrogens with one attached hydrogen (secondary N) is 4. The van der Waals surface area contributed by atoms with Crippen LogP contribution in [0, 0.1) is 0 Å². The Hall–Kier alpha value is -7.08. The Bertz CT molecular complexity index is 1850. The third-order valence-corrected chi connectivity index (χ3v) is 7.79. The molecule has 0 unspecified atom stereocenters. The SMILES string of the molecule is Nc1nc(N(CO)CO)nc(N(CO)CO)n1.OCN(CO)c1nc(N(CO)CO)nc(N(CO)CO)n1.OCNc1nc(N(CO)CO)nc(N(CO)CO)n1.OCNc1nc(NCO)nc(NCO)n1. The molecule has 72 heavy (non-hydrogen) atoms.